The van der Waals surface area contributed by atoms with Crippen molar-refractivity contribution in [2.75, 3.05) is 0 Å². The molecule has 0 unspecified atom stereocenters. The lowest BCUT2D eigenvalue weighted by Gasteiger charge is -2.12. The van der Waals surface area contributed by atoms with Crippen molar-refractivity contribution in [3.63, 3.8) is 0 Å². The molecule has 23 heavy (non-hydrogen) atoms. The summed E-state index contributed by atoms with van der Waals surface area (Å²) >= 11 is 5.23. The average molecular weight is 330 g/mol. The SMILES string of the molecule is CCn1cc(CN2C(=O)/C(=C\c3ccc(F)cc3)NC2=S)cn1. The number of nitrogens with zero attached hydrogens (tertiary/aromatic N) is 3. The van der Waals surface area contributed by atoms with Crippen LogP contribution < -0.4 is 5.32 Å². The number of carbonyl (C=O) groups is 1. The second-order valence-corrected chi connectivity index (χ2v) is 5.52. The molecule has 0 spiro atoms. The number of amides is 1. The van der Waals surface area contributed by atoms with E-state index in [1.54, 1.807) is 29.1 Å². The van der Waals surface area contributed by atoms with Crippen molar-refractivity contribution < 1.29 is 9.18 Å². The molecule has 0 radical (unpaired) electrons. The summed E-state index contributed by atoms with van der Waals surface area (Å²) in [6, 6.07) is 5.91. The quantitative estimate of drug-likeness (QED) is 0.690. The molecule has 1 aliphatic heterocycles. The van der Waals surface area contributed by atoms with Crippen molar-refractivity contribution in [2.45, 2.75) is 20.0 Å². The van der Waals surface area contributed by atoms with Gasteiger partial charge < -0.3 is 5.32 Å². The van der Waals surface area contributed by atoms with Crippen LogP contribution in [0.25, 0.3) is 6.08 Å². The Hall–Kier alpha value is -2.54. The van der Waals surface area contributed by atoms with Crippen LogP contribution >= 0.6 is 12.2 Å². The maximum absolute atomic E-state index is 12.9. The summed E-state index contributed by atoms with van der Waals surface area (Å²) in [5, 5.41) is 7.45. The predicted octanol–water partition coefficient (Wildman–Crippen LogP) is 2.30. The molecule has 1 N–H and O–H groups in total. The van der Waals surface area contributed by atoms with Crippen molar-refractivity contribution in [2.24, 2.45) is 0 Å². The van der Waals surface area contributed by atoms with Crippen LogP contribution in [0.1, 0.15) is 18.1 Å². The third-order valence-corrected chi connectivity index (χ3v) is 3.82. The molecule has 7 heteroatoms. The van der Waals surface area contributed by atoms with Crippen molar-refractivity contribution in [1.82, 2.24) is 20.0 Å². The number of aryl methyl sites for hydroxylation is 1. The normalized spacial score (nSPS) is 16.3. The van der Waals surface area contributed by atoms with Crippen LogP contribution in [0, 0.1) is 5.82 Å². The molecule has 0 saturated carbocycles. The first-order valence-electron chi connectivity index (χ1n) is 7.18. The number of thiocarbonyl (C=S) groups is 1. The van der Waals surface area contributed by atoms with Gasteiger partial charge in [-0.25, -0.2) is 4.39 Å². The van der Waals surface area contributed by atoms with Crippen LogP contribution in [-0.2, 0) is 17.9 Å². The minimum absolute atomic E-state index is 0.205. The lowest BCUT2D eigenvalue weighted by Crippen LogP contribution is -2.29. The molecule has 1 aliphatic rings. The second kappa shape index (κ2) is 6.29. The Bertz CT molecular complexity index is 782. The molecule has 1 saturated heterocycles. The number of benzene rings is 1. The zero-order chi connectivity index (χ0) is 16.4. The summed E-state index contributed by atoms with van der Waals surface area (Å²) in [4.78, 5) is 14.0. The van der Waals surface area contributed by atoms with Crippen LogP contribution in [0.4, 0.5) is 4.39 Å². The van der Waals surface area contributed by atoms with Gasteiger partial charge in [-0.1, -0.05) is 12.1 Å². The maximum atomic E-state index is 12.9. The fourth-order valence-corrected chi connectivity index (χ4v) is 2.54. The Balaban J connectivity index is 1.78. The highest BCUT2D eigenvalue weighted by Gasteiger charge is 2.30. The fourth-order valence-electron chi connectivity index (χ4n) is 2.28. The van der Waals surface area contributed by atoms with E-state index in [2.05, 4.69) is 10.4 Å². The molecule has 0 aliphatic carbocycles. The molecule has 118 valence electrons. The van der Waals surface area contributed by atoms with Crippen molar-refractivity contribution in [3.8, 4) is 0 Å². The van der Waals surface area contributed by atoms with Gasteiger partial charge in [-0.05, 0) is 42.9 Å². The average Bonchev–Trinajstić information content (AvgIpc) is 3.10. The van der Waals surface area contributed by atoms with Gasteiger partial charge in [0.2, 0.25) is 0 Å². The van der Waals surface area contributed by atoms with Crippen molar-refractivity contribution in [3.05, 3.63) is 59.3 Å². The van der Waals surface area contributed by atoms with E-state index in [1.807, 2.05) is 13.1 Å². The lowest BCUT2D eigenvalue weighted by atomic mass is 10.2. The highest BCUT2D eigenvalue weighted by molar-refractivity contribution is 7.80. The van der Waals surface area contributed by atoms with Crippen LogP contribution in [0.3, 0.4) is 0 Å². The zero-order valence-corrected chi connectivity index (χ0v) is 13.3. The van der Waals surface area contributed by atoms with Crippen LogP contribution in [-0.4, -0.2) is 25.7 Å². The smallest absolute Gasteiger partial charge is 0.276 e. The third kappa shape index (κ3) is 3.29. The van der Waals surface area contributed by atoms with Gasteiger partial charge in [0, 0.05) is 18.3 Å². The summed E-state index contributed by atoms with van der Waals surface area (Å²) in [5.74, 6) is -0.522. The van der Waals surface area contributed by atoms with Gasteiger partial charge in [-0.3, -0.25) is 14.4 Å². The van der Waals surface area contributed by atoms with Crippen LogP contribution in [0.15, 0.2) is 42.4 Å². The van der Waals surface area contributed by atoms with Crippen LogP contribution in [0.2, 0.25) is 0 Å². The van der Waals surface area contributed by atoms with E-state index in [-0.39, 0.29) is 11.7 Å². The first kappa shape index (κ1) is 15.4. The number of hydrogen-bond acceptors (Lipinski definition) is 3. The first-order chi connectivity index (χ1) is 11.1. The Labute approximate surface area is 138 Å². The van der Waals surface area contributed by atoms with E-state index < -0.39 is 0 Å². The van der Waals surface area contributed by atoms with Gasteiger partial charge in [-0.15, -0.1) is 0 Å². The molecule has 2 aromatic rings. The summed E-state index contributed by atoms with van der Waals surface area (Å²) < 4.78 is 14.7. The Morgan fingerprint density at radius 2 is 2.09 bits per heavy atom. The standard InChI is InChI=1S/C16H15FN4OS/c1-2-20-9-12(8-18-20)10-21-15(22)14(19-16(21)23)7-11-3-5-13(17)6-4-11/h3-9H,2,10H2,1H3,(H,19,23)/b14-7+. The molecule has 1 amide bonds. The number of carbonyl (C=O) groups excluding carboxylic acids is 1. The van der Waals surface area contributed by atoms with E-state index >= 15 is 0 Å². The Morgan fingerprint density at radius 1 is 1.35 bits per heavy atom. The minimum Gasteiger partial charge on any atom is -0.328 e. The van der Waals surface area contributed by atoms with Gasteiger partial charge in [0.25, 0.3) is 5.91 Å². The van der Waals surface area contributed by atoms with Crippen molar-refractivity contribution >= 4 is 29.3 Å². The molecule has 2 heterocycles. The Morgan fingerprint density at radius 3 is 2.74 bits per heavy atom. The van der Waals surface area contributed by atoms with Gasteiger partial charge in [0.15, 0.2) is 5.11 Å². The largest absolute Gasteiger partial charge is 0.328 e. The summed E-state index contributed by atoms with van der Waals surface area (Å²) in [5.41, 5.74) is 2.02. The highest BCUT2D eigenvalue weighted by atomic mass is 32.1. The summed E-state index contributed by atoms with van der Waals surface area (Å²) in [6.45, 7) is 3.13. The number of hydrogen-bond donors (Lipinski definition) is 1. The maximum Gasteiger partial charge on any atom is 0.276 e. The van der Waals surface area contributed by atoms with Gasteiger partial charge in [-0.2, -0.15) is 5.10 Å². The van der Waals surface area contributed by atoms with Gasteiger partial charge in [0.1, 0.15) is 11.5 Å². The first-order valence-corrected chi connectivity index (χ1v) is 7.59. The fraction of sp³-hybridized carbons (Fsp3) is 0.188. The topological polar surface area (TPSA) is 50.2 Å². The minimum atomic E-state index is -0.317. The van der Waals surface area contributed by atoms with Gasteiger partial charge in [0.05, 0.1) is 12.7 Å². The molecular formula is C16H15FN4OS. The number of rotatable bonds is 4. The molecule has 5 nitrogen and oxygen atoms in total. The molecule has 1 fully saturated rings. The zero-order valence-electron chi connectivity index (χ0n) is 12.5. The summed E-state index contributed by atoms with van der Waals surface area (Å²) in [7, 11) is 0. The Kier molecular flexibility index (Phi) is 4.20. The molecule has 0 atom stereocenters. The second-order valence-electron chi connectivity index (χ2n) is 5.14. The number of halogens is 1. The van der Waals surface area contributed by atoms with E-state index in [9.17, 15) is 9.18 Å². The van der Waals surface area contributed by atoms with Crippen molar-refractivity contribution in [1.29, 1.82) is 0 Å². The summed E-state index contributed by atoms with van der Waals surface area (Å²) in [6.07, 6.45) is 5.27. The van der Waals surface area contributed by atoms with E-state index in [1.165, 1.54) is 17.0 Å². The molecule has 3 rings (SSSR count). The number of aromatic nitrogens is 2. The monoisotopic (exact) mass is 330 g/mol. The molecular weight excluding hydrogens is 315 g/mol. The van der Waals surface area contributed by atoms with Gasteiger partial charge >= 0.3 is 0 Å². The van der Waals surface area contributed by atoms with E-state index in [0.717, 1.165) is 17.7 Å². The molecule has 1 aromatic heterocycles. The van der Waals surface area contributed by atoms with E-state index in [4.69, 9.17) is 12.2 Å². The lowest BCUT2D eigenvalue weighted by molar-refractivity contribution is -0.122. The number of nitrogens with one attached hydrogen (secondary N) is 1. The van der Waals surface area contributed by atoms with Crippen LogP contribution in [0.5, 0.6) is 0 Å². The molecule has 0 bridgehead atoms. The predicted molar refractivity (Wildman–Crippen MR) is 88.6 cm³/mol. The molecule has 1 aromatic carbocycles. The van der Waals surface area contributed by atoms with E-state index in [0.29, 0.717) is 17.4 Å². The third-order valence-electron chi connectivity index (χ3n) is 3.49. The highest BCUT2D eigenvalue weighted by Crippen LogP contribution is 2.17.